The fraction of sp³-hybridized carbons (Fsp3) is 0.500. The number of alkyl halides is 3. The van der Waals surface area contributed by atoms with Crippen LogP contribution >= 0.6 is 0 Å². The normalized spacial score (nSPS) is 14.6. The third kappa shape index (κ3) is 3.64. The number of hydrogen-bond acceptors (Lipinski definition) is 4. The zero-order chi connectivity index (χ0) is 18.4. The number of imidazole rings is 1. The van der Waals surface area contributed by atoms with E-state index in [1.165, 1.54) is 12.1 Å². The highest BCUT2D eigenvalue weighted by Gasteiger charge is 2.38. The van der Waals surface area contributed by atoms with Crippen LogP contribution in [0.1, 0.15) is 26.6 Å². The molecule has 0 bridgehead atoms. The number of nitrogens with zero attached hydrogens (tertiary/aromatic N) is 2. The lowest BCUT2D eigenvalue weighted by molar-refractivity contribution is -0.147. The summed E-state index contributed by atoms with van der Waals surface area (Å²) in [5.74, 6) is -0.984. The van der Waals surface area contributed by atoms with Crippen molar-refractivity contribution in [1.29, 1.82) is 0 Å². The van der Waals surface area contributed by atoms with Crippen LogP contribution in [0.2, 0.25) is 0 Å². The topological polar surface area (TPSA) is 65.4 Å². The second-order valence-electron chi connectivity index (χ2n) is 6.80. The number of ether oxygens (including phenoxy) is 2. The number of aromatic nitrogens is 2. The number of carbonyl (C=O) groups excluding carboxylic acids is 1. The second-order valence-corrected chi connectivity index (χ2v) is 6.80. The summed E-state index contributed by atoms with van der Waals surface area (Å²) in [6.07, 6.45) is -4.69. The first-order valence-electron chi connectivity index (χ1n) is 7.73. The molecule has 2 aromatic rings. The number of halogens is 3. The van der Waals surface area contributed by atoms with E-state index in [9.17, 15) is 18.0 Å². The van der Waals surface area contributed by atoms with Gasteiger partial charge < -0.3 is 19.4 Å². The number of rotatable bonds is 2. The smallest absolute Gasteiger partial charge is 0.449 e. The number of nitrogens with one attached hydrogen (secondary N) is 1. The summed E-state index contributed by atoms with van der Waals surface area (Å²) in [7, 11) is 0. The van der Waals surface area contributed by atoms with Gasteiger partial charge in [0.2, 0.25) is 11.7 Å². The van der Waals surface area contributed by atoms with Crippen LogP contribution in [0, 0.1) is 0 Å². The monoisotopic (exact) mass is 357 g/mol. The molecule has 0 unspecified atom stereocenters. The quantitative estimate of drug-likeness (QED) is 0.898. The molecule has 0 aliphatic carbocycles. The lowest BCUT2D eigenvalue weighted by Crippen LogP contribution is -2.42. The van der Waals surface area contributed by atoms with Crippen molar-refractivity contribution >= 4 is 16.9 Å². The average Bonchev–Trinajstić information content (AvgIpc) is 2.81. The van der Waals surface area contributed by atoms with Crippen LogP contribution in [0.15, 0.2) is 12.1 Å². The van der Waals surface area contributed by atoms with Crippen LogP contribution in [0.3, 0.4) is 0 Å². The van der Waals surface area contributed by atoms with E-state index in [1.54, 1.807) is 20.8 Å². The molecule has 1 N–H and O–H groups in total. The number of fused-ring (bicyclic) bond motifs is 2. The van der Waals surface area contributed by atoms with Crippen molar-refractivity contribution < 1.29 is 27.4 Å². The van der Waals surface area contributed by atoms with E-state index >= 15 is 0 Å². The minimum absolute atomic E-state index is 0.0973. The maximum absolute atomic E-state index is 13.4. The summed E-state index contributed by atoms with van der Waals surface area (Å²) in [5, 5.41) is 2.65. The molecule has 6 nitrogen and oxygen atoms in total. The zero-order valence-electron chi connectivity index (χ0n) is 14.0. The molecule has 25 heavy (non-hydrogen) atoms. The van der Waals surface area contributed by atoms with E-state index in [0.717, 1.165) is 4.57 Å². The maximum atomic E-state index is 13.4. The Hall–Kier alpha value is -2.45. The van der Waals surface area contributed by atoms with Crippen molar-refractivity contribution in [3.05, 3.63) is 18.0 Å². The van der Waals surface area contributed by atoms with Crippen LogP contribution in [0.4, 0.5) is 13.2 Å². The number of carbonyl (C=O) groups is 1. The van der Waals surface area contributed by atoms with Gasteiger partial charge in [0.15, 0.2) is 11.5 Å². The maximum Gasteiger partial charge on any atom is 0.449 e. The molecule has 1 aromatic heterocycles. The van der Waals surface area contributed by atoms with Crippen LogP contribution < -0.4 is 14.8 Å². The van der Waals surface area contributed by atoms with E-state index in [4.69, 9.17) is 9.47 Å². The first-order chi connectivity index (χ1) is 11.5. The predicted octanol–water partition coefficient (Wildman–Crippen LogP) is 2.74. The fourth-order valence-corrected chi connectivity index (χ4v) is 2.64. The second kappa shape index (κ2) is 5.82. The van der Waals surface area contributed by atoms with Gasteiger partial charge in [-0.1, -0.05) is 0 Å². The molecule has 0 fully saturated rings. The van der Waals surface area contributed by atoms with E-state index in [2.05, 4.69) is 10.3 Å². The number of hydrogen-bond donors (Lipinski definition) is 1. The molecule has 0 saturated heterocycles. The Morgan fingerprint density at radius 2 is 1.80 bits per heavy atom. The molecule has 1 amide bonds. The molecule has 3 rings (SSSR count). The van der Waals surface area contributed by atoms with Gasteiger partial charge in [0, 0.05) is 17.7 Å². The summed E-state index contributed by atoms with van der Waals surface area (Å²) >= 11 is 0. The highest BCUT2D eigenvalue weighted by molar-refractivity contribution is 5.84. The molecule has 9 heteroatoms. The Bertz CT molecular complexity index is 822. The Balaban J connectivity index is 2.08. The van der Waals surface area contributed by atoms with E-state index in [1.807, 2.05) is 0 Å². The van der Waals surface area contributed by atoms with Crippen molar-refractivity contribution in [2.24, 2.45) is 0 Å². The molecule has 0 spiro atoms. The highest BCUT2D eigenvalue weighted by Crippen LogP contribution is 2.37. The van der Waals surface area contributed by atoms with E-state index in [-0.39, 0.29) is 11.0 Å². The highest BCUT2D eigenvalue weighted by atomic mass is 19.4. The van der Waals surface area contributed by atoms with Crippen molar-refractivity contribution in [3.8, 4) is 11.5 Å². The Labute approximate surface area is 141 Å². The molecule has 0 atom stereocenters. The summed E-state index contributed by atoms with van der Waals surface area (Å²) in [6.45, 7) is 5.39. The third-order valence-corrected chi connectivity index (χ3v) is 3.48. The molecular weight excluding hydrogens is 339 g/mol. The average molecular weight is 357 g/mol. The molecule has 1 aliphatic rings. The van der Waals surface area contributed by atoms with Gasteiger partial charge in [-0.3, -0.25) is 4.79 Å². The van der Waals surface area contributed by atoms with Gasteiger partial charge in [-0.15, -0.1) is 0 Å². The van der Waals surface area contributed by atoms with Gasteiger partial charge in [0.25, 0.3) is 0 Å². The Kier molecular flexibility index (Phi) is 4.04. The van der Waals surface area contributed by atoms with Gasteiger partial charge in [0.05, 0.1) is 11.0 Å². The van der Waals surface area contributed by atoms with E-state index < -0.39 is 30.0 Å². The molecule has 1 aliphatic heterocycles. The Morgan fingerprint density at radius 1 is 1.20 bits per heavy atom. The molecule has 1 aromatic carbocycles. The summed E-state index contributed by atoms with van der Waals surface area (Å²) in [5.41, 5.74) is -0.289. The fourth-order valence-electron chi connectivity index (χ4n) is 2.64. The minimum Gasteiger partial charge on any atom is -0.486 e. The van der Waals surface area contributed by atoms with Gasteiger partial charge in [-0.2, -0.15) is 13.2 Å². The number of amides is 1. The van der Waals surface area contributed by atoms with Crippen LogP contribution in [-0.2, 0) is 17.5 Å². The van der Waals surface area contributed by atoms with E-state index in [0.29, 0.717) is 24.7 Å². The van der Waals surface area contributed by atoms with Crippen LogP contribution in [0.5, 0.6) is 11.5 Å². The summed E-state index contributed by atoms with van der Waals surface area (Å²) in [4.78, 5) is 15.8. The van der Waals surface area contributed by atoms with Gasteiger partial charge in [-0.25, -0.2) is 4.98 Å². The molecule has 0 radical (unpaired) electrons. The first kappa shape index (κ1) is 17.4. The largest absolute Gasteiger partial charge is 0.486 e. The van der Waals surface area contributed by atoms with Gasteiger partial charge in [0.1, 0.15) is 19.8 Å². The Morgan fingerprint density at radius 3 is 2.36 bits per heavy atom. The number of benzene rings is 1. The molecule has 136 valence electrons. The van der Waals surface area contributed by atoms with Crippen molar-refractivity contribution in [3.63, 3.8) is 0 Å². The van der Waals surface area contributed by atoms with Crippen molar-refractivity contribution in [2.45, 2.75) is 39.0 Å². The molecule has 2 heterocycles. The summed E-state index contributed by atoms with van der Waals surface area (Å²) < 4.78 is 51.8. The van der Waals surface area contributed by atoms with Gasteiger partial charge >= 0.3 is 6.18 Å². The molecule has 0 saturated carbocycles. The first-order valence-corrected chi connectivity index (χ1v) is 7.73. The summed E-state index contributed by atoms with van der Waals surface area (Å²) in [6, 6.07) is 2.83. The van der Waals surface area contributed by atoms with Crippen LogP contribution in [0.25, 0.3) is 11.0 Å². The zero-order valence-corrected chi connectivity index (χ0v) is 14.0. The lowest BCUT2D eigenvalue weighted by atomic mass is 10.1. The van der Waals surface area contributed by atoms with Crippen molar-refractivity contribution in [2.75, 3.05) is 13.2 Å². The van der Waals surface area contributed by atoms with Crippen molar-refractivity contribution in [1.82, 2.24) is 14.9 Å². The lowest BCUT2D eigenvalue weighted by Gasteiger charge is -2.21. The predicted molar refractivity (Wildman–Crippen MR) is 83.6 cm³/mol. The SMILES string of the molecule is CC(C)(C)NC(=O)Cn1c(C(F)(F)F)nc2cc3c(cc21)OCCO3. The third-order valence-electron chi connectivity index (χ3n) is 3.48. The van der Waals surface area contributed by atoms with Crippen LogP contribution in [-0.4, -0.2) is 34.2 Å². The standard InChI is InChI=1S/C16H18F3N3O3/c1-15(2,3)21-13(23)8-22-10-7-12-11(24-4-5-25-12)6-9(10)20-14(22)16(17,18)19/h6-7H,4-5,8H2,1-3H3,(H,21,23). The molecular formula is C16H18F3N3O3. The van der Waals surface area contributed by atoms with Gasteiger partial charge in [-0.05, 0) is 20.8 Å². The minimum atomic E-state index is -4.69.